The maximum atomic E-state index is 13.5. The molecule has 0 aliphatic carbocycles. The van der Waals surface area contributed by atoms with E-state index in [2.05, 4.69) is 30.1 Å². The Morgan fingerprint density at radius 1 is 1.07 bits per heavy atom. The van der Waals surface area contributed by atoms with Crippen molar-refractivity contribution in [2.45, 2.75) is 33.4 Å². The molecule has 0 heterocycles. The summed E-state index contributed by atoms with van der Waals surface area (Å²) in [7, 11) is 1.65. The zero-order valence-corrected chi connectivity index (χ0v) is 17.8. The number of ether oxygens (including phenoxy) is 1. The number of halogens is 1. The van der Waals surface area contributed by atoms with Crippen molar-refractivity contribution in [2.75, 3.05) is 33.3 Å². The number of carbonyl (C=O) groups excluding carboxylic acids is 1. The van der Waals surface area contributed by atoms with E-state index in [-0.39, 0.29) is 17.9 Å². The van der Waals surface area contributed by atoms with Crippen LogP contribution in [0.2, 0.25) is 0 Å². The number of carbonyl (C=O) groups is 1. The number of methoxy groups -OCH3 is 1. The molecule has 0 saturated carbocycles. The van der Waals surface area contributed by atoms with Gasteiger partial charge in [-0.1, -0.05) is 38.1 Å². The van der Waals surface area contributed by atoms with Crippen LogP contribution in [0, 0.1) is 5.82 Å². The molecule has 2 amide bonds. The Labute approximate surface area is 173 Å². The lowest BCUT2D eigenvalue weighted by molar-refractivity contribution is 0.182. The molecule has 0 bridgehead atoms. The number of rotatable bonds is 10. The average Bonchev–Trinajstić information content (AvgIpc) is 2.74. The number of likely N-dealkylation sites (N-methyl/N-ethyl adjacent to an activating group) is 1. The second kappa shape index (κ2) is 11.4. The van der Waals surface area contributed by atoms with Gasteiger partial charge in [0.2, 0.25) is 0 Å². The zero-order valence-electron chi connectivity index (χ0n) is 17.8. The van der Waals surface area contributed by atoms with Gasteiger partial charge in [-0.25, -0.2) is 9.18 Å². The Bertz CT molecular complexity index is 780. The minimum absolute atomic E-state index is 0.0388. The summed E-state index contributed by atoms with van der Waals surface area (Å²) < 4.78 is 18.8. The molecule has 0 aromatic heterocycles. The highest BCUT2D eigenvalue weighted by Gasteiger charge is 2.21. The smallest absolute Gasteiger partial charge is 0.317 e. The maximum Gasteiger partial charge on any atom is 0.317 e. The summed E-state index contributed by atoms with van der Waals surface area (Å²) >= 11 is 0. The minimum Gasteiger partial charge on any atom is -0.497 e. The summed E-state index contributed by atoms with van der Waals surface area (Å²) in [4.78, 5) is 16.8. The molecule has 0 aliphatic heterocycles. The fraction of sp³-hybridized carbons (Fsp3) is 0.435. The lowest BCUT2D eigenvalue weighted by atomic mass is 10.0. The third-order valence-electron chi connectivity index (χ3n) is 5.11. The van der Waals surface area contributed by atoms with E-state index in [1.165, 1.54) is 12.1 Å². The van der Waals surface area contributed by atoms with Crippen molar-refractivity contribution in [3.8, 4) is 5.75 Å². The second-order valence-corrected chi connectivity index (χ2v) is 6.84. The number of urea groups is 1. The van der Waals surface area contributed by atoms with Crippen LogP contribution in [0.25, 0.3) is 0 Å². The molecule has 1 atom stereocenters. The Morgan fingerprint density at radius 2 is 1.79 bits per heavy atom. The Morgan fingerprint density at radius 3 is 2.41 bits per heavy atom. The van der Waals surface area contributed by atoms with E-state index < -0.39 is 0 Å². The van der Waals surface area contributed by atoms with Gasteiger partial charge in [-0.15, -0.1) is 0 Å². The molecule has 158 valence electrons. The van der Waals surface area contributed by atoms with Gasteiger partial charge in [0.15, 0.2) is 0 Å². The number of amides is 2. The second-order valence-electron chi connectivity index (χ2n) is 6.84. The van der Waals surface area contributed by atoms with Gasteiger partial charge >= 0.3 is 6.03 Å². The molecular formula is C23H32FN3O2. The first kappa shape index (κ1) is 22.7. The third-order valence-corrected chi connectivity index (χ3v) is 5.11. The van der Waals surface area contributed by atoms with Crippen molar-refractivity contribution in [1.82, 2.24) is 15.1 Å². The third kappa shape index (κ3) is 6.46. The lowest BCUT2D eigenvalue weighted by Crippen LogP contribution is -2.44. The molecule has 6 heteroatoms. The first-order valence-corrected chi connectivity index (χ1v) is 10.2. The standard InChI is InChI=1S/C23H32FN3O2/c1-5-26(6-2)22(19-11-9-13-21(15-19)29-4)16-25-23(28)27(7-3)17-18-10-8-12-20(24)14-18/h8-15,22H,5-7,16-17H2,1-4H3,(H,25,28). The molecule has 2 aromatic carbocycles. The molecule has 1 N–H and O–H groups in total. The molecule has 0 spiro atoms. The predicted molar refractivity (Wildman–Crippen MR) is 115 cm³/mol. The SMILES string of the molecule is CCN(Cc1cccc(F)c1)C(=O)NCC(c1cccc(OC)c1)N(CC)CC. The summed E-state index contributed by atoms with van der Waals surface area (Å²) in [6.45, 7) is 9.27. The molecule has 0 fully saturated rings. The van der Waals surface area contributed by atoms with Crippen molar-refractivity contribution in [1.29, 1.82) is 0 Å². The number of nitrogens with zero attached hydrogens (tertiary/aromatic N) is 2. The monoisotopic (exact) mass is 401 g/mol. The van der Waals surface area contributed by atoms with Gasteiger partial charge < -0.3 is 15.0 Å². The Balaban J connectivity index is 2.10. The van der Waals surface area contributed by atoms with Crippen LogP contribution >= 0.6 is 0 Å². The molecule has 0 saturated heterocycles. The molecule has 2 aromatic rings. The van der Waals surface area contributed by atoms with Crippen LogP contribution in [0.5, 0.6) is 5.75 Å². The summed E-state index contributed by atoms with van der Waals surface area (Å²) in [6.07, 6.45) is 0. The molecule has 1 unspecified atom stereocenters. The van der Waals surface area contributed by atoms with E-state index in [1.54, 1.807) is 18.1 Å². The fourth-order valence-corrected chi connectivity index (χ4v) is 3.45. The van der Waals surface area contributed by atoms with Gasteiger partial charge in [0.05, 0.1) is 13.2 Å². The first-order chi connectivity index (χ1) is 14.0. The van der Waals surface area contributed by atoms with Crippen molar-refractivity contribution in [2.24, 2.45) is 0 Å². The van der Waals surface area contributed by atoms with Crippen LogP contribution in [0.4, 0.5) is 9.18 Å². The summed E-state index contributed by atoms with van der Waals surface area (Å²) in [5.74, 6) is 0.505. The highest BCUT2D eigenvalue weighted by atomic mass is 19.1. The van der Waals surface area contributed by atoms with Crippen molar-refractivity contribution < 1.29 is 13.9 Å². The quantitative estimate of drug-likeness (QED) is 0.640. The molecule has 0 aliphatic rings. The van der Waals surface area contributed by atoms with E-state index in [0.717, 1.165) is 30.0 Å². The van der Waals surface area contributed by atoms with Crippen LogP contribution in [0.15, 0.2) is 48.5 Å². The van der Waals surface area contributed by atoms with Gasteiger partial charge in [0.1, 0.15) is 11.6 Å². The van der Waals surface area contributed by atoms with E-state index >= 15 is 0 Å². The van der Waals surface area contributed by atoms with E-state index in [4.69, 9.17) is 4.74 Å². The van der Waals surface area contributed by atoms with Crippen molar-refractivity contribution in [3.05, 3.63) is 65.5 Å². The number of benzene rings is 2. The minimum atomic E-state index is -0.293. The average molecular weight is 402 g/mol. The topological polar surface area (TPSA) is 44.8 Å². The largest absolute Gasteiger partial charge is 0.497 e. The molecule has 2 rings (SSSR count). The van der Waals surface area contributed by atoms with Gasteiger partial charge in [-0.05, 0) is 55.4 Å². The number of hydrogen-bond donors (Lipinski definition) is 1. The van der Waals surface area contributed by atoms with Crippen LogP contribution in [0.3, 0.4) is 0 Å². The van der Waals surface area contributed by atoms with Crippen molar-refractivity contribution in [3.63, 3.8) is 0 Å². The van der Waals surface area contributed by atoms with Gasteiger partial charge in [-0.2, -0.15) is 0 Å². The molecule has 0 radical (unpaired) electrons. The number of nitrogens with one attached hydrogen (secondary N) is 1. The van der Waals surface area contributed by atoms with Crippen LogP contribution in [-0.4, -0.2) is 49.1 Å². The Hall–Kier alpha value is -2.60. The summed E-state index contributed by atoms with van der Waals surface area (Å²) in [5, 5.41) is 3.06. The lowest BCUT2D eigenvalue weighted by Gasteiger charge is -2.31. The molecule has 29 heavy (non-hydrogen) atoms. The van der Waals surface area contributed by atoms with Crippen molar-refractivity contribution >= 4 is 6.03 Å². The summed E-state index contributed by atoms with van der Waals surface area (Å²) in [6, 6.07) is 14.2. The summed E-state index contributed by atoms with van der Waals surface area (Å²) in [5.41, 5.74) is 1.87. The predicted octanol–water partition coefficient (Wildman–Crippen LogP) is 4.45. The van der Waals surface area contributed by atoms with Crippen LogP contribution in [-0.2, 0) is 6.54 Å². The zero-order chi connectivity index (χ0) is 21.2. The number of hydrogen-bond acceptors (Lipinski definition) is 3. The normalized spacial score (nSPS) is 11.9. The molecule has 5 nitrogen and oxygen atoms in total. The van der Waals surface area contributed by atoms with Gasteiger partial charge in [0, 0.05) is 19.6 Å². The first-order valence-electron chi connectivity index (χ1n) is 10.2. The fourth-order valence-electron chi connectivity index (χ4n) is 3.45. The van der Waals surface area contributed by atoms with Gasteiger partial charge in [-0.3, -0.25) is 4.90 Å². The van der Waals surface area contributed by atoms with E-state index in [9.17, 15) is 9.18 Å². The van der Waals surface area contributed by atoms with E-state index in [1.807, 2.05) is 31.2 Å². The highest BCUT2D eigenvalue weighted by Crippen LogP contribution is 2.24. The van der Waals surface area contributed by atoms with Crippen LogP contribution in [0.1, 0.15) is 37.9 Å². The Kier molecular flexibility index (Phi) is 8.93. The van der Waals surface area contributed by atoms with E-state index in [0.29, 0.717) is 19.6 Å². The maximum absolute atomic E-state index is 13.5. The highest BCUT2D eigenvalue weighted by molar-refractivity contribution is 5.74. The van der Waals surface area contributed by atoms with Crippen LogP contribution < -0.4 is 10.1 Å². The molecular weight excluding hydrogens is 369 g/mol. The van der Waals surface area contributed by atoms with Gasteiger partial charge in [0.25, 0.3) is 0 Å².